The first-order chi connectivity index (χ1) is 10.9. The van der Waals surface area contributed by atoms with E-state index in [1.807, 2.05) is 13.8 Å². The standard InChI is InChI=1S/C16H17ClN2O3S/c1-3-22-16-9-6-14(17)10-13(16)11-18-19-23(20,21)15-7-4-12(2)5-8-15/h4-11,19H,3H2,1-2H3/b18-11-. The third kappa shape index (κ3) is 4.71. The molecule has 0 unspecified atom stereocenters. The third-order valence-corrected chi connectivity index (χ3v) is 4.45. The van der Waals surface area contributed by atoms with Crippen molar-refractivity contribution in [2.75, 3.05) is 6.61 Å². The summed E-state index contributed by atoms with van der Waals surface area (Å²) in [7, 11) is -3.70. The van der Waals surface area contributed by atoms with Crippen LogP contribution in [-0.4, -0.2) is 21.2 Å². The maximum atomic E-state index is 12.1. The van der Waals surface area contributed by atoms with E-state index in [2.05, 4.69) is 9.93 Å². The van der Waals surface area contributed by atoms with Gasteiger partial charge in [-0.1, -0.05) is 29.3 Å². The highest BCUT2D eigenvalue weighted by molar-refractivity contribution is 7.89. The summed E-state index contributed by atoms with van der Waals surface area (Å²) in [5.41, 5.74) is 1.57. The molecule has 2 aromatic rings. The van der Waals surface area contributed by atoms with Gasteiger partial charge in [-0.2, -0.15) is 13.5 Å². The molecule has 0 amide bonds. The van der Waals surface area contributed by atoms with E-state index in [0.717, 1.165) is 5.56 Å². The number of ether oxygens (including phenoxy) is 1. The second-order valence-electron chi connectivity index (χ2n) is 4.78. The largest absolute Gasteiger partial charge is 0.493 e. The molecule has 0 radical (unpaired) electrons. The predicted octanol–water partition coefficient (Wildman–Crippen LogP) is 3.36. The normalized spacial score (nSPS) is 11.6. The van der Waals surface area contributed by atoms with Gasteiger partial charge in [0, 0.05) is 10.6 Å². The number of hydrogen-bond donors (Lipinski definition) is 1. The van der Waals surface area contributed by atoms with Gasteiger partial charge in [-0.15, -0.1) is 0 Å². The van der Waals surface area contributed by atoms with Crippen LogP contribution in [0.3, 0.4) is 0 Å². The molecule has 0 saturated heterocycles. The number of rotatable bonds is 6. The number of hydrazone groups is 1. The zero-order valence-electron chi connectivity index (χ0n) is 12.8. The smallest absolute Gasteiger partial charge is 0.276 e. The van der Waals surface area contributed by atoms with Gasteiger partial charge in [0.25, 0.3) is 10.0 Å². The second-order valence-corrected chi connectivity index (χ2v) is 6.88. The van der Waals surface area contributed by atoms with E-state index in [1.54, 1.807) is 30.3 Å². The molecule has 0 aromatic heterocycles. The van der Waals surface area contributed by atoms with Crippen LogP contribution in [0.5, 0.6) is 5.75 Å². The van der Waals surface area contributed by atoms with Gasteiger partial charge in [0.05, 0.1) is 17.7 Å². The lowest BCUT2D eigenvalue weighted by Crippen LogP contribution is -2.18. The van der Waals surface area contributed by atoms with Crippen molar-refractivity contribution in [1.29, 1.82) is 0 Å². The average molecular weight is 353 g/mol. The van der Waals surface area contributed by atoms with Crippen LogP contribution in [0.4, 0.5) is 0 Å². The van der Waals surface area contributed by atoms with Crippen molar-refractivity contribution < 1.29 is 13.2 Å². The first-order valence-corrected chi connectivity index (χ1v) is 8.82. The number of benzene rings is 2. The summed E-state index contributed by atoms with van der Waals surface area (Å²) >= 11 is 5.94. The number of sulfonamides is 1. The first kappa shape index (κ1) is 17.3. The Labute approximate surface area is 141 Å². The van der Waals surface area contributed by atoms with Crippen molar-refractivity contribution in [1.82, 2.24) is 4.83 Å². The molecule has 5 nitrogen and oxygen atoms in total. The summed E-state index contributed by atoms with van der Waals surface area (Å²) in [5, 5.41) is 4.30. The molecule has 0 spiro atoms. The minimum absolute atomic E-state index is 0.149. The molecule has 122 valence electrons. The Bertz CT molecular complexity index is 803. The quantitative estimate of drug-likeness (QED) is 0.640. The highest BCUT2D eigenvalue weighted by Crippen LogP contribution is 2.21. The maximum Gasteiger partial charge on any atom is 0.276 e. The number of hydrogen-bond acceptors (Lipinski definition) is 4. The highest BCUT2D eigenvalue weighted by atomic mass is 35.5. The Kier molecular flexibility index (Phi) is 5.63. The Morgan fingerprint density at radius 2 is 1.91 bits per heavy atom. The lowest BCUT2D eigenvalue weighted by Gasteiger charge is -2.07. The number of nitrogens with one attached hydrogen (secondary N) is 1. The number of nitrogens with zero attached hydrogens (tertiary/aromatic N) is 1. The van der Waals surface area contributed by atoms with Gasteiger partial charge in [-0.05, 0) is 44.2 Å². The molecule has 2 rings (SSSR count). The lowest BCUT2D eigenvalue weighted by molar-refractivity contribution is 0.340. The maximum absolute atomic E-state index is 12.1. The third-order valence-electron chi connectivity index (χ3n) is 2.98. The van der Waals surface area contributed by atoms with Gasteiger partial charge in [-0.25, -0.2) is 4.83 Å². The molecule has 0 aliphatic heterocycles. The fourth-order valence-corrected chi connectivity index (χ4v) is 2.81. The minimum atomic E-state index is -3.70. The Hall–Kier alpha value is -2.05. The van der Waals surface area contributed by atoms with Crippen LogP contribution in [0.25, 0.3) is 0 Å². The summed E-state index contributed by atoms with van der Waals surface area (Å²) in [4.78, 5) is 2.32. The van der Waals surface area contributed by atoms with Gasteiger partial charge in [0.15, 0.2) is 0 Å². The fourth-order valence-electron chi connectivity index (χ4n) is 1.84. The molecule has 0 atom stereocenters. The molecule has 0 saturated carbocycles. The predicted molar refractivity (Wildman–Crippen MR) is 91.7 cm³/mol. The molecule has 7 heteroatoms. The van der Waals surface area contributed by atoms with Gasteiger partial charge >= 0.3 is 0 Å². The molecule has 0 fully saturated rings. The number of halogens is 1. The van der Waals surface area contributed by atoms with Crippen molar-refractivity contribution in [2.45, 2.75) is 18.7 Å². The van der Waals surface area contributed by atoms with Crippen LogP contribution < -0.4 is 9.57 Å². The van der Waals surface area contributed by atoms with E-state index >= 15 is 0 Å². The molecule has 1 N–H and O–H groups in total. The molecular formula is C16H17ClN2O3S. The van der Waals surface area contributed by atoms with Crippen LogP contribution >= 0.6 is 11.6 Å². The van der Waals surface area contributed by atoms with Crippen molar-refractivity contribution in [3.63, 3.8) is 0 Å². The minimum Gasteiger partial charge on any atom is -0.493 e. The fraction of sp³-hybridized carbons (Fsp3) is 0.188. The topological polar surface area (TPSA) is 67.8 Å². The number of aryl methyl sites for hydroxylation is 1. The summed E-state index contributed by atoms with van der Waals surface area (Å²) in [5.74, 6) is 0.579. The van der Waals surface area contributed by atoms with E-state index in [9.17, 15) is 8.42 Å². The van der Waals surface area contributed by atoms with Crippen LogP contribution in [0, 0.1) is 6.92 Å². The Balaban J connectivity index is 2.18. The Morgan fingerprint density at radius 3 is 2.57 bits per heavy atom. The van der Waals surface area contributed by atoms with Crippen molar-refractivity contribution >= 4 is 27.8 Å². The summed E-state index contributed by atoms with van der Waals surface area (Å²) in [6, 6.07) is 11.6. The van der Waals surface area contributed by atoms with Crippen LogP contribution in [-0.2, 0) is 10.0 Å². The van der Waals surface area contributed by atoms with Crippen LogP contribution in [0.1, 0.15) is 18.1 Å². The molecule has 2 aromatic carbocycles. The van der Waals surface area contributed by atoms with Gasteiger partial charge in [-0.3, -0.25) is 0 Å². The summed E-state index contributed by atoms with van der Waals surface area (Å²) in [6.07, 6.45) is 1.36. The SMILES string of the molecule is CCOc1ccc(Cl)cc1/C=N\NS(=O)(=O)c1ccc(C)cc1. The Morgan fingerprint density at radius 1 is 1.22 bits per heavy atom. The second kappa shape index (κ2) is 7.48. The van der Waals surface area contributed by atoms with E-state index in [-0.39, 0.29) is 4.90 Å². The van der Waals surface area contributed by atoms with Crippen LogP contribution in [0.15, 0.2) is 52.5 Å². The molecule has 0 aliphatic carbocycles. The van der Waals surface area contributed by atoms with Crippen molar-refractivity contribution in [2.24, 2.45) is 5.10 Å². The lowest BCUT2D eigenvalue weighted by atomic mass is 10.2. The zero-order valence-corrected chi connectivity index (χ0v) is 14.4. The summed E-state index contributed by atoms with van der Waals surface area (Å²) in [6.45, 7) is 4.23. The van der Waals surface area contributed by atoms with Gasteiger partial charge < -0.3 is 4.74 Å². The van der Waals surface area contributed by atoms with Gasteiger partial charge in [0.2, 0.25) is 0 Å². The van der Waals surface area contributed by atoms with E-state index in [1.165, 1.54) is 18.3 Å². The molecule has 0 aliphatic rings. The first-order valence-electron chi connectivity index (χ1n) is 6.96. The molecule has 0 heterocycles. The average Bonchev–Trinajstić information content (AvgIpc) is 2.50. The monoisotopic (exact) mass is 352 g/mol. The highest BCUT2D eigenvalue weighted by Gasteiger charge is 2.12. The summed E-state index contributed by atoms with van der Waals surface area (Å²) < 4.78 is 29.7. The molecule has 0 bridgehead atoms. The van der Waals surface area contributed by atoms with Crippen molar-refractivity contribution in [3.05, 3.63) is 58.6 Å². The van der Waals surface area contributed by atoms with Gasteiger partial charge in [0.1, 0.15) is 5.75 Å². The zero-order chi connectivity index (χ0) is 16.9. The molecule has 23 heavy (non-hydrogen) atoms. The van der Waals surface area contributed by atoms with Crippen molar-refractivity contribution in [3.8, 4) is 5.75 Å². The van der Waals surface area contributed by atoms with E-state index in [4.69, 9.17) is 16.3 Å². The van der Waals surface area contributed by atoms with Crippen LogP contribution in [0.2, 0.25) is 5.02 Å². The van der Waals surface area contributed by atoms with E-state index in [0.29, 0.717) is 22.9 Å². The van der Waals surface area contributed by atoms with E-state index < -0.39 is 10.0 Å². The molecular weight excluding hydrogens is 336 g/mol.